The van der Waals surface area contributed by atoms with Crippen LogP contribution in [0.2, 0.25) is 5.02 Å². The van der Waals surface area contributed by atoms with Gasteiger partial charge >= 0.3 is 0 Å². The molecule has 22 heavy (non-hydrogen) atoms. The predicted octanol–water partition coefficient (Wildman–Crippen LogP) is 2.85. The van der Waals surface area contributed by atoms with Gasteiger partial charge in [0.05, 0.1) is 28.8 Å². The first kappa shape index (κ1) is 16.3. The number of carbonyl (C=O) groups excluding carboxylic acids is 1. The van der Waals surface area contributed by atoms with Crippen molar-refractivity contribution in [3.8, 4) is 17.5 Å². The molecule has 2 rings (SSSR count). The minimum absolute atomic E-state index is 0.0993. The van der Waals surface area contributed by atoms with Gasteiger partial charge in [-0.3, -0.25) is 4.79 Å². The molecule has 1 amide bonds. The fourth-order valence-electron chi connectivity index (χ4n) is 1.59. The van der Waals surface area contributed by atoms with Crippen molar-refractivity contribution in [1.82, 2.24) is 15.1 Å². The summed E-state index contributed by atoms with van der Waals surface area (Å²) in [7, 11) is 1.66. The minimum Gasteiger partial charge on any atom is -0.411 e. The van der Waals surface area contributed by atoms with Crippen LogP contribution < -0.4 is 0 Å². The Hall–Kier alpha value is -2.04. The normalized spacial score (nSPS) is 10.2. The van der Waals surface area contributed by atoms with Crippen molar-refractivity contribution < 1.29 is 9.21 Å². The van der Waals surface area contributed by atoms with Crippen LogP contribution in [0, 0.1) is 11.3 Å². The Morgan fingerprint density at radius 1 is 1.45 bits per heavy atom. The summed E-state index contributed by atoms with van der Waals surface area (Å²) in [5, 5.41) is 17.1. The van der Waals surface area contributed by atoms with E-state index in [9.17, 15) is 4.79 Å². The first-order valence-corrected chi connectivity index (χ1v) is 7.80. The number of hydrogen-bond donors (Lipinski definition) is 0. The van der Waals surface area contributed by atoms with Crippen LogP contribution in [-0.4, -0.2) is 40.3 Å². The Morgan fingerprint density at radius 3 is 2.95 bits per heavy atom. The van der Waals surface area contributed by atoms with Crippen LogP contribution in [0.5, 0.6) is 0 Å². The number of rotatable bonds is 6. The summed E-state index contributed by atoms with van der Waals surface area (Å²) in [4.78, 5) is 13.3. The average molecular weight is 337 g/mol. The van der Waals surface area contributed by atoms with Crippen molar-refractivity contribution >= 4 is 29.3 Å². The molecule has 2 aromatic rings. The maximum atomic E-state index is 11.8. The zero-order valence-electron chi connectivity index (χ0n) is 11.8. The molecule has 114 valence electrons. The van der Waals surface area contributed by atoms with Gasteiger partial charge in [-0.2, -0.15) is 5.26 Å². The van der Waals surface area contributed by atoms with E-state index in [1.54, 1.807) is 19.2 Å². The molecule has 0 radical (unpaired) electrons. The standard InChI is InChI=1S/C14H13ClN4O2S/c1-19(8-4-7-16)12(20)9-22-14-18-17-13(21-14)10-5-2-3-6-11(10)15/h2-3,5-6H,4,8-9H2,1H3. The third-order valence-electron chi connectivity index (χ3n) is 2.81. The molecule has 6 nitrogen and oxygen atoms in total. The van der Waals surface area contributed by atoms with Gasteiger partial charge in [-0.15, -0.1) is 10.2 Å². The molecule has 0 N–H and O–H groups in total. The van der Waals surface area contributed by atoms with Crippen molar-refractivity contribution in [3.63, 3.8) is 0 Å². The molecule has 0 aliphatic heterocycles. The van der Waals surface area contributed by atoms with Gasteiger partial charge in [-0.25, -0.2) is 0 Å². The molecule has 0 aliphatic rings. The lowest BCUT2D eigenvalue weighted by Gasteiger charge is -2.13. The topological polar surface area (TPSA) is 83.0 Å². The van der Waals surface area contributed by atoms with Gasteiger partial charge in [0.2, 0.25) is 11.8 Å². The minimum atomic E-state index is -0.0993. The van der Waals surface area contributed by atoms with Gasteiger partial charge in [-0.1, -0.05) is 35.5 Å². The Bertz CT molecular complexity index is 698. The van der Waals surface area contributed by atoms with Gasteiger partial charge in [0, 0.05) is 13.6 Å². The number of thioether (sulfide) groups is 1. The summed E-state index contributed by atoms with van der Waals surface area (Å²) >= 11 is 7.22. The third-order valence-corrected chi connectivity index (χ3v) is 3.95. The summed E-state index contributed by atoms with van der Waals surface area (Å²) in [6, 6.07) is 9.16. The van der Waals surface area contributed by atoms with E-state index < -0.39 is 0 Å². The van der Waals surface area contributed by atoms with Crippen LogP contribution in [0.3, 0.4) is 0 Å². The molecule has 0 unspecified atom stereocenters. The number of carbonyl (C=O) groups is 1. The number of halogens is 1. The van der Waals surface area contributed by atoms with E-state index >= 15 is 0 Å². The summed E-state index contributed by atoms with van der Waals surface area (Å²) in [6.07, 6.45) is 0.310. The monoisotopic (exact) mass is 336 g/mol. The van der Waals surface area contributed by atoms with Crippen LogP contribution in [0.25, 0.3) is 11.5 Å². The molecule has 0 saturated carbocycles. The summed E-state index contributed by atoms with van der Waals surface area (Å²) in [5.74, 6) is 0.391. The van der Waals surface area contributed by atoms with Crippen LogP contribution in [0.4, 0.5) is 0 Å². The molecule has 0 fully saturated rings. The number of hydrogen-bond acceptors (Lipinski definition) is 6. The van der Waals surface area contributed by atoms with E-state index in [4.69, 9.17) is 21.3 Å². The highest BCUT2D eigenvalue weighted by Crippen LogP contribution is 2.28. The smallest absolute Gasteiger partial charge is 0.277 e. The van der Waals surface area contributed by atoms with Gasteiger partial charge in [-0.05, 0) is 12.1 Å². The lowest BCUT2D eigenvalue weighted by atomic mass is 10.2. The fraction of sp³-hybridized carbons (Fsp3) is 0.286. The van der Waals surface area contributed by atoms with Crippen LogP contribution in [-0.2, 0) is 4.79 Å². The van der Waals surface area contributed by atoms with Crippen molar-refractivity contribution in [1.29, 1.82) is 5.26 Å². The molecule has 0 bridgehead atoms. The quantitative estimate of drug-likeness (QED) is 0.754. The van der Waals surface area contributed by atoms with E-state index in [1.807, 2.05) is 18.2 Å². The highest BCUT2D eigenvalue weighted by molar-refractivity contribution is 7.99. The molecule has 0 saturated heterocycles. The molecule has 1 aromatic heterocycles. The Morgan fingerprint density at radius 2 is 2.23 bits per heavy atom. The predicted molar refractivity (Wildman–Crippen MR) is 83.3 cm³/mol. The number of aromatic nitrogens is 2. The van der Waals surface area contributed by atoms with Crippen LogP contribution in [0.1, 0.15) is 6.42 Å². The van der Waals surface area contributed by atoms with E-state index in [-0.39, 0.29) is 11.7 Å². The second kappa shape index (κ2) is 7.82. The molecule has 1 heterocycles. The summed E-state index contributed by atoms with van der Waals surface area (Å²) in [5.41, 5.74) is 0.654. The van der Waals surface area contributed by atoms with Gasteiger partial charge in [0.25, 0.3) is 5.22 Å². The number of benzene rings is 1. The number of nitriles is 1. The van der Waals surface area contributed by atoms with E-state index in [0.717, 1.165) is 11.8 Å². The Kier molecular flexibility index (Phi) is 5.81. The number of nitrogens with zero attached hydrogens (tertiary/aromatic N) is 4. The first-order chi connectivity index (χ1) is 10.6. The summed E-state index contributed by atoms with van der Waals surface area (Å²) < 4.78 is 5.50. The molecule has 1 aromatic carbocycles. The van der Waals surface area contributed by atoms with Crippen molar-refractivity contribution in [2.45, 2.75) is 11.6 Å². The highest BCUT2D eigenvalue weighted by Gasteiger charge is 2.14. The van der Waals surface area contributed by atoms with Gasteiger partial charge in [0.15, 0.2) is 0 Å². The van der Waals surface area contributed by atoms with E-state index in [0.29, 0.717) is 34.7 Å². The maximum Gasteiger partial charge on any atom is 0.277 e. The molecular formula is C14H13ClN4O2S. The fourth-order valence-corrected chi connectivity index (χ4v) is 2.51. The maximum absolute atomic E-state index is 11.8. The first-order valence-electron chi connectivity index (χ1n) is 6.44. The van der Waals surface area contributed by atoms with Crippen molar-refractivity contribution in [2.75, 3.05) is 19.3 Å². The second-order valence-electron chi connectivity index (χ2n) is 4.37. The lowest BCUT2D eigenvalue weighted by Crippen LogP contribution is -2.29. The van der Waals surface area contributed by atoms with Crippen molar-refractivity contribution in [3.05, 3.63) is 29.3 Å². The largest absolute Gasteiger partial charge is 0.411 e. The Labute approximate surface area is 137 Å². The molecular weight excluding hydrogens is 324 g/mol. The molecule has 8 heteroatoms. The SMILES string of the molecule is CN(CCC#N)C(=O)CSc1nnc(-c2ccccc2Cl)o1. The Balaban J connectivity index is 1.94. The number of amides is 1. The van der Waals surface area contributed by atoms with Gasteiger partial charge < -0.3 is 9.32 Å². The van der Waals surface area contributed by atoms with Crippen molar-refractivity contribution in [2.24, 2.45) is 0 Å². The third kappa shape index (κ3) is 4.23. The van der Waals surface area contributed by atoms with E-state index in [2.05, 4.69) is 10.2 Å². The van der Waals surface area contributed by atoms with Crippen LogP contribution in [0.15, 0.2) is 33.9 Å². The van der Waals surface area contributed by atoms with Crippen LogP contribution >= 0.6 is 23.4 Å². The average Bonchev–Trinajstić information content (AvgIpc) is 2.99. The molecule has 0 atom stereocenters. The molecule has 0 spiro atoms. The highest BCUT2D eigenvalue weighted by atomic mass is 35.5. The molecule has 0 aliphatic carbocycles. The van der Waals surface area contributed by atoms with Gasteiger partial charge in [0.1, 0.15) is 0 Å². The zero-order valence-corrected chi connectivity index (χ0v) is 13.4. The summed E-state index contributed by atoms with van der Waals surface area (Å²) in [6.45, 7) is 0.407. The van der Waals surface area contributed by atoms with E-state index in [1.165, 1.54) is 4.90 Å². The lowest BCUT2D eigenvalue weighted by molar-refractivity contribution is -0.127. The zero-order chi connectivity index (χ0) is 15.9. The second-order valence-corrected chi connectivity index (χ2v) is 5.70.